The zero-order chi connectivity index (χ0) is 23.8. The van der Waals surface area contributed by atoms with Crippen LogP contribution in [-0.4, -0.2) is 39.1 Å². The number of nitrogens with zero attached hydrogens (tertiary/aromatic N) is 3. The number of hydrogen-bond donors (Lipinski definition) is 2. The van der Waals surface area contributed by atoms with Crippen LogP contribution in [0.1, 0.15) is 39.9 Å². The third-order valence-electron chi connectivity index (χ3n) is 6.27. The van der Waals surface area contributed by atoms with E-state index in [0.29, 0.717) is 36.4 Å². The largest absolute Gasteiger partial charge is 0.376 e. The topological polar surface area (TPSA) is 101 Å². The molecule has 0 saturated carbocycles. The minimum Gasteiger partial charge on any atom is -0.376 e. The third kappa shape index (κ3) is 4.12. The van der Waals surface area contributed by atoms with Crippen molar-refractivity contribution in [1.82, 2.24) is 19.3 Å². The molecular weight excluding hydrogens is 430 g/mol. The highest BCUT2D eigenvalue weighted by Gasteiger charge is 2.20. The highest BCUT2D eigenvalue weighted by molar-refractivity contribution is 5.96. The van der Waals surface area contributed by atoms with Crippen LogP contribution in [0.4, 0.5) is 0 Å². The Morgan fingerprint density at radius 3 is 2.68 bits per heavy atom. The molecule has 0 aliphatic carbocycles. The number of carbonyl (C=O) groups excluding carboxylic acids is 1. The summed E-state index contributed by atoms with van der Waals surface area (Å²) >= 11 is 0. The van der Waals surface area contributed by atoms with E-state index in [1.807, 2.05) is 44.2 Å². The van der Waals surface area contributed by atoms with Crippen LogP contribution in [0.15, 0.2) is 53.5 Å². The van der Waals surface area contributed by atoms with Crippen LogP contribution in [-0.2, 0) is 11.3 Å². The normalized spacial score (nSPS) is 15.8. The van der Waals surface area contributed by atoms with Crippen molar-refractivity contribution in [2.45, 2.75) is 39.3 Å². The Kier molecular flexibility index (Phi) is 5.75. The second-order valence-corrected chi connectivity index (χ2v) is 8.91. The third-order valence-corrected chi connectivity index (χ3v) is 6.27. The van der Waals surface area contributed by atoms with Gasteiger partial charge in [-0.05, 0) is 49.9 Å². The van der Waals surface area contributed by atoms with E-state index in [2.05, 4.69) is 5.32 Å². The fourth-order valence-corrected chi connectivity index (χ4v) is 4.35. The summed E-state index contributed by atoms with van der Waals surface area (Å²) in [4.78, 5) is 31.3. The average Bonchev–Trinajstić information content (AvgIpc) is 3.35. The number of aryl methyl sites for hydroxylation is 2. The van der Waals surface area contributed by atoms with Gasteiger partial charge in [0.05, 0.1) is 23.6 Å². The molecule has 8 heteroatoms. The summed E-state index contributed by atoms with van der Waals surface area (Å²) < 4.78 is 8.73. The lowest BCUT2D eigenvalue weighted by Crippen LogP contribution is -2.38. The van der Waals surface area contributed by atoms with Crippen molar-refractivity contribution in [3.05, 3.63) is 86.8 Å². The Bertz CT molecular complexity index is 1510. The maximum Gasteiger partial charge on any atom is 0.267 e. The molecule has 1 amide bonds. The van der Waals surface area contributed by atoms with Gasteiger partial charge in [0.2, 0.25) is 0 Å². The number of carbonyl (C=O) groups is 1. The number of aromatic nitrogens is 3. The van der Waals surface area contributed by atoms with Crippen molar-refractivity contribution >= 4 is 22.6 Å². The molecule has 1 unspecified atom stereocenters. The van der Waals surface area contributed by atoms with Gasteiger partial charge in [-0.1, -0.05) is 35.9 Å². The van der Waals surface area contributed by atoms with Crippen molar-refractivity contribution in [2.24, 2.45) is 0 Å². The molecule has 5 rings (SSSR count). The van der Waals surface area contributed by atoms with Gasteiger partial charge in [0.15, 0.2) is 0 Å². The number of benzene rings is 1. The average molecular weight is 458 g/mol. The molecule has 174 valence electrons. The Morgan fingerprint density at radius 1 is 1.18 bits per heavy atom. The summed E-state index contributed by atoms with van der Waals surface area (Å²) in [6.07, 6.45) is 3.60. The second kappa shape index (κ2) is 8.87. The molecule has 8 nitrogen and oxygen atoms in total. The smallest absolute Gasteiger partial charge is 0.267 e. The monoisotopic (exact) mass is 457 g/mol. The van der Waals surface area contributed by atoms with Crippen molar-refractivity contribution < 1.29 is 9.53 Å². The molecule has 1 aromatic carbocycles. The highest BCUT2D eigenvalue weighted by Crippen LogP contribution is 2.14. The number of rotatable bonds is 5. The molecule has 4 heterocycles. The number of hydrogen-bond acceptors (Lipinski definition) is 5. The van der Waals surface area contributed by atoms with Crippen LogP contribution in [0.3, 0.4) is 0 Å². The van der Waals surface area contributed by atoms with E-state index >= 15 is 0 Å². The van der Waals surface area contributed by atoms with Crippen molar-refractivity contribution in [2.75, 3.05) is 13.2 Å². The first-order valence-corrected chi connectivity index (χ1v) is 11.5. The molecule has 1 saturated heterocycles. The molecule has 1 fully saturated rings. The maximum atomic E-state index is 13.4. The van der Waals surface area contributed by atoms with Gasteiger partial charge in [-0.3, -0.25) is 19.4 Å². The number of ether oxygens (including phenoxy) is 1. The van der Waals surface area contributed by atoms with Gasteiger partial charge in [-0.25, -0.2) is 4.98 Å². The summed E-state index contributed by atoms with van der Waals surface area (Å²) in [6, 6.07) is 13.1. The molecule has 3 aromatic heterocycles. The molecule has 2 N–H and O–H groups in total. The van der Waals surface area contributed by atoms with Gasteiger partial charge < -0.3 is 14.6 Å². The van der Waals surface area contributed by atoms with Crippen molar-refractivity contribution in [3.8, 4) is 0 Å². The van der Waals surface area contributed by atoms with Crippen LogP contribution in [0.2, 0.25) is 0 Å². The number of amides is 1. The minimum atomic E-state index is -0.395. The molecule has 34 heavy (non-hydrogen) atoms. The lowest BCUT2D eigenvalue weighted by atomic mass is 10.1. The van der Waals surface area contributed by atoms with Gasteiger partial charge >= 0.3 is 0 Å². The standard InChI is InChI=1S/C26H27N5O3/c1-16-5-8-18(9-6-16)15-31-23(27)20(25(32)28-13-19-4-3-11-34-19)12-21-24(31)29-22-10-7-17(2)14-30(22)26(21)33/h5-10,12,14,19,27H,3-4,11,13,15H2,1-2H3,(H,28,32). The highest BCUT2D eigenvalue weighted by atomic mass is 16.5. The molecule has 0 radical (unpaired) electrons. The Labute approximate surface area is 196 Å². The second-order valence-electron chi connectivity index (χ2n) is 8.91. The maximum absolute atomic E-state index is 13.4. The molecule has 0 spiro atoms. The van der Waals surface area contributed by atoms with Crippen molar-refractivity contribution in [3.63, 3.8) is 0 Å². The number of pyridine rings is 2. The SMILES string of the molecule is Cc1ccc(Cn2c(=N)c(C(=O)NCC3CCCO3)cc3c(=O)n4cc(C)ccc4nc32)cc1. The Balaban J connectivity index is 1.67. The van der Waals surface area contributed by atoms with Crippen LogP contribution >= 0.6 is 0 Å². The van der Waals surface area contributed by atoms with E-state index in [-0.39, 0.29) is 22.7 Å². The van der Waals surface area contributed by atoms with Gasteiger partial charge in [-0.15, -0.1) is 0 Å². The predicted molar refractivity (Wildman–Crippen MR) is 129 cm³/mol. The van der Waals surface area contributed by atoms with Gasteiger partial charge in [0.25, 0.3) is 11.5 Å². The zero-order valence-electron chi connectivity index (χ0n) is 19.3. The lowest BCUT2D eigenvalue weighted by molar-refractivity contribution is 0.0856. The predicted octanol–water partition coefficient (Wildman–Crippen LogP) is 2.70. The summed E-state index contributed by atoms with van der Waals surface area (Å²) in [5.74, 6) is -0.395. The van der Waals surface area contributed by atoms with Crippen LogP contribution in [0.5, 0.6) is 0 Å². The fraction of sp³-hybridized carbons (Fsp3) is 0.308. The van der Waals surface area contributed by atoms with Gasteiger partial charge in [-0.2, -0.15) is 0 Å². The summed E-state index contributed by atoms with van der Waals surface area (Å²) in [5, 5.41) is 12.1. The van der Waals surface area contributed by atoms with Gasteiger partial charge in [0, 0.05) is 19.3 Å². The van der Waals surface area contributed by atoms with Crippen LogP contribution in [0.25, 0.3) is 16.7 Å². The fourth-order valence-electron chi connectivity index (χ4n) is 4.35. The molecule has 1 aliphatic rings. The number of fused-ring (bicyclic) bond motifs is 2. The zero-order valence-corrected chi connectivity index (χ0v) is 19.3. The van der Waals surface area contributed by atoms with E-state index in [9.17, 15) is 9.59 Å². The summed E-state index contributed by atoms with van der Waals surface area (Å²) in [5.41, 5.74) is 3.78. The van der Waals surface area contributed by atoms with Crippen molar-refractivity contribution in [1.29, 1.82) is 5.41 Å². The van der Waals surface area contributed by atoms with E-state index in [0.717, 1.165) is 29.5 Å². The van der Waals surface area contributed by atoms with Gasteiger partial charge in [0.1, 0.15) is 16.8 Å². The van der Waals surface area contributed by atoms with E-state index in [1.165, 1.54) is 10.5 Å². The molecular formula is C26H27N5O3. The van der Waals surface area contributed by atoms with E-state index in [4.69, 9.17) is 15.1 Å². The number of nitrogens with one attached hydrogen (secondary N) is 2. The molecule has 1 aliphatic heterocycles. The molecule has 1 atom stereocenters. The Morgan fingerprint density at radius 2 is 1.94 bits per heavy atom. The summed E-state index contributed by atoms with van der Waals surface area (Å²) in [7, 11) is 0. The Hall–Kier alpha value is -3.78. The summed E-state index contributed by atoms with van der Waals surface area (Å²) in [6.45, 7) is 5.31. The first-order chi connectivity index (χ1) is 16.4. The quantitative estimate of drug-likeness (QED) is 0.450. The van der Waals surface area contributed by atoms with Crippen LogP contribution in [0, 0.1) is 19.3 Å². The van der Waals surface area contributed by atoms with E-state index in [1.54, 1.807) is 16.8 Å². The minimum absolute atomic E-state index is 0.0151. The lowest BCUT2D eigenvalue weighted by Gasteiger charge is -2.16. The molecule has 0 bridgehead atoms. The first-order valence-electron chi connectivity index (χ1n) is 11.5. The van der Waals surface area contributed by atoms with E-state index < -0.39 is 5.91 Å². The molecule has 4 aromatic rings. The van der Waals surface area contributed by atoms with Crippen LogP contribution < -0.4 is 16.4 Å². The first kappa shape index (κ1) is 22.0.